The van der Waals surface area contributed by atoms with E-state index in [1.807, 2.05) is 44.2 Å². The van der Waals surface area contributed by atoms with E-state index >= 15 is 0 Å². The van der Waals surface area contributed by atoms with Crippen LogP contribution in [0.4, 0.5) is 0 Å². The van der Waals surface area contributed by atoms with Crippen LogP contribution in [0.15, 0.2) is 65.4 Å². The third kappa shape index (κ3) is 3.27. The molecule has 0 radical (unpaired) electrons. The van der Waals surface area contributed by atoms with Gasteiger partial charge in [0, 0.05) is 28.5 Å². The quantitative estimate of drug-likeness (QED) is 0.585. The number of aryl methyl sites for hydroxylation is 2. The lowest BCUT2D eigenvalue weighted by atomic mass is 9.83. The normalized spacial score (nSPS) is 24.9. The second-order valence-electron chi connectivity index (χ2n) is 9.96. The zero-order chi connectivity index (χ0) is 25.1. The summed E-state index contributed by atoms with van der Waals surface area (Å²) in [4.78, 5) is 27.2. The smallest absolute Gasteiger partial charge is 0.270 e. The molecule has 1 heterocycles. The molecule has 2 unspecified atom stereocenters. The minimum absolute atomic E-state index is 0.223. The molecular weight excluding hydrogens is 440 g/mol. The molecule has 1 amide bonds. The standard InChI is InChI=1S/C29H30N2O4/c1-16(2)20-11-12-21-24(15-20)35-29(34)22-6-5-7-23(30)26(22)27(33)28(21,29)31-25(32)13-10-19-9-8-17(3)18(4)14-19/h6,8-16,34H,5,7,30H2,1-4H3,(H,31,32)/b13-10+. The third-order valence-corrected chi connectivity index (χ3v) is 7.40. The number of benzene rings is 2. The summed E-state index contributed by atoms with van der Waals surface area (Å²) < 4.78 is 6.13. The number of carbonyl (C=O) groups is 2. The van der Waals surface area contributed by atoms with Crippen molar-refractivity contribution in [2.45, 2.75) is 57.8 Å². The second kappa shape index (κ2) is 7.95. The molecule has 0 spiro atoms. The lowest BCUT2D eigenvalue weighted by molar-refractivity contribution is -0.158. The zero-order valence-corrected chi connectivity index (χ0v) is 20.4. The molecule has 4 N–H and O–H groups in total. The Labute approximate surface area is 205 Å². The fourth-order valence-corrected chi connectivity index (χ4v) is 5.25. The summed E-state index contributed by atoms with van der Waals surface area (Å²) in [6, 6.07) is 11.4. The first kappa shape index (κ1) is 23.1. The van der Waals surface area contributed by atoms with E-state index in [1.54, 1.807) is 18.2 Å². The highest BCUT2D eigenvalue weighted by atomic mass is 16.6. The number of allylic oxidation sites excluding steroid dienone is 2. The van der Waals surface area contributed by atoms with E-state index in [4.69, 9.17) is 10.5 Å². The molecule has 2 aromatic carbocycles. The number of ether oxygens (including phenoxy) is 1. The van der Waals surface area contributed by atoms with Gasteiger partial charge in [-0.3, -0.25) is 9.59 Å². The van der Waals surface area contributed by atoms with Crippen LogP contribution >= 0.6 is 0 Å². The van der Waals surface area contributed by atoms with Crippen molar-refractivity contribution in [3.63, 3.8) is 0 Å². The van der Waals surface area contributed by atoms with Crippen LogP contribution in [0.5, 0.6) is 5.75 Å². The second-order valence-corrected chi connectivity index (χ2v) is 9.96. The average molecular weight is 471 g/mol. The van der Waals surface area contributed by atoms with Gasteiger partial charge in [0.2, 0.25) is 17.2 Å². The van der Waals surface area contributed by atoms with Gasteiger partial charge in [-0.05, 0) is 67.0 Å². The van der Waals surface area contributed by atoms with Crippen LogP contribution in [0, 0.1) is 13.8 Å². The summed E-state index contributed by atoms with van der Waals surface area (Å²) >= 11 is 0. The van der Waals surface area contributed by atoms with Crippen molar-refractivity contribution in [3.05, 3.63) is 93.2 Å². The van der Waals surface area contributed by atoms with Crippen molar-refractivity contribution in [1.82, 2.24) is 5.32 Å². The molecule has 1 fully saturated rings. The predicted octanol–water partition coefficient (Wildman–Crippen LogP) is 4.05. The first-order chi connectivity index (χ1) is 16.6. The Morgan fingerprint density at radius 2 is 1.94 bits per heavy atom. The van der Waals surface area contributed by atoms with E-state index in [2.05, 4.69) is 19.2 Å². The minimum Gasteiger partial charge on any atom is -0.454 e. The van der Waals surface area contributed by atoms with E-state index in [1.165, 1.54) is 6.08 Å². The number of aliphatic hydroxyl groups is 1. The average Bonchev–Trinajstić information content (AvgIpc) is 3.17. The maximum atomic E-state index is 14.0. The molecule has 0 bridgehead atoms. The van der Waals surface area contributed by atoms with Crippen LogP contribution in [0.3, 0.4) is 0 Å². The van der Waals surface area contributed by atoms with Crippen LogP contribution in [0.25, 0.3) is 6.08 Å². The molecule has 1 aliphatic heterocycles. The van der Waals surface area contributed by atoms with Crippen molar-refractivity contribution >= 4 is 17.8 Å². The maximum Gasteiger partial charge on any atom is 0.270 e. The topological polar surface area (TPSA) is 102 Å². The first-order valence-electron chi connectivity index (χ1n) is 12.0. The van der Waals surface area contributed by atoms with Gasteiger partial charge in [-0.15, -0.1) is 0 Å². The number of hydrogen-bond acceptors (Lipinski definition) is 5. The van der Waals surface area contributed by atoms with Crippen molar-refractivity contribution in [2.75, 3.05) is 0 Å². The Morgan fingerprint density at radius 1 is 1.17 bits per heavy atom. The fourth-order valence-electron chi connectivity index (χ4n) is 5.25. The van der Waals surface area contributed by atoms with Gasteiger partial charge in [0.1, 0.15) is 5.75 Å². The van der Waals surface area contributed by atoms with E-state index in [9.17, 15) is 14.7 Å². The van der Waals surface area contributed by atoms with Gasteiger partial charge in [-0.2, -0.15) is 0 Å². The predicted molar refractivity (Wildman–Crippen MR) is 134 cm³/mol. The molecule has 0 aromatic heterocycles. The number of hydrogen-bond donors (Lipinski definition) is 3. The van der Waals surface area contributed by atoms with Gasteiger partial charge < -0.3 is 20.9 Å². The Balaban J connectivity index is 1.61. The maximum absolute atomic E-state index is 14.0. The molecule has 2 aromatic rings. The van der Waals surface area contributed by atoms with Crippen molar-refractivity contribution < 1.29 is 19.4 Å². The molecule has 35 heavy (non-hydrogen) atoms. The molecule has 6 nitrogen and oxygen atoms in total. The van der Waals surface area contributed by atoms with Crippen molar-refractivity contribution in [2.24, 2.45) is 5.73 Å². The number of Topliss-reactive ketones (excluding diaryl/α,β-unsaturated/α-hetero) is 1. The van der Waals surface area contributed by atoms with E-state index < -0.39 is 23.0 Å². The highest BCUT2D eigenvalue weighted by Gasteiger charge is 2.73. The summed E-state index contributed by atoms with van der Waals surface area (Å²) in [6.45, 7) is 8.14. The van der Waals surface area contributed by atoms with Gasteiger partial charge in [-0.25, -0.2) is 0 Å². The van der Waals surface area contributed by atoms with Crippen LogP contribution in [-0.4, -0.2) is 22.6 Å². The number of rotatable bonds is 4. The number of fused-ring (bicyclic) bond motifs is 5. The Kier molecular flexibility index (Phi) is 5.25. The molecule has 5 rings (SSSR count). The van der Waals surface area contributed by atoms with Gasteiger partial charge in [0.15, 0.2) is 0 Å². The lowest BCUT2D eigenvalue weighted by Gasteiger charge is -2.33. The van der Waals surface area contributed by atoms with Gasteiger partial charge in [0.05, 0.1) is 0 Å². The van der Waals surface area contributed by atoms with Crippen molar-refractivity contribution in [1.29, 1.82) is 0 Å². The monoisotopic (exact) mass is 470 g/mol. The fraction of sp³-hybridized carbons (Fsp3) is 0.310. The Morgan fingerprint density at radius 3 is 2.66 bits per heavy atom. The Bertz CT molecular complexity index is 1370. The van der Waals surface area contributed by atoms with Crippen LogP contribution in [0.1, 0.15) is 60.4 Å². The highest BCUT2D eigenvalue weighted by Crippen LogP contribution is 2.59. The molecule has 6 heteroatoms. The van der Waals surface area contributed by atoms with Crippen LogP contribution in [0.2, 0.25) is 0 Å². The molecule has 2 aliphatic carbocycles. The Hall–Kier alpha value is -3.64. The van der Waals surface area contributed by atoms with Crippen molar-refractivity contribution in [3.8, 4) is 5.75 Å². The summed E-state index contributed by atoms with van der Waals surface area (Å²) in [6.07, 6.45) is 5.94. The minimum atomic E-state index is -2.08. The first-order valence-corrected chi connectivity index (χ1v) is 12.0. The molecule has 0 saturated heterocycles. The van der Waals surface area contributed by atoms with Gasteiger partial charge >= 0.3 is 0 Å². The molecule has 3 aliphatic rings. The van der Waals surface area contributed by atoms with Gasteiger partial charge in [0.25, 0.3) is 5.79 Å². The van der Waals surface area contributed by atoms with Gasteiger partial charge in [-0.1, -0.05) is 50.3 Å². The van der Waals surface area contributed by atoms with E-state index in [0.717, 1.165) is 22.3 Å². The van der Waals surface area contributed by atoms with E-state index in [0.29, 0.717) is 35.4 Å². The summed E-state index contributed by atoms with van der Waals surface area (Å²) in [5.41, 5.74) is 9.96. The number of carbonyl (C=O) groups excluding carboxylic acids is 2. The lowest BCUT2D eigenvalue weighted by Crippen LogP contribution is -2.61. The number of ketones is 1. The SMILES string of the molecule is Cc1ccc(/C=C/C(=O)NC23C(=O)C4=C(N)CCC=C4C2(O)Oc2cc(C(C)C)ccc23)cc1C. The summed E-state index contributed by atoms with van der Waals surface area (Å²) in [7, 11) is 0. The molecule has 2 atom stereocenters. The number of nitrogens with two attached hydrogens (primary N) is 1. The molecule has 180 valence electrons. The number of nitrogens with one attached hydrogen (secondary N) is 1. The zero-order valence-electron chi connectivity index (χ0n) is 20.4. The van der Waals surface area contributed by atoms with E-state index in [-0.39, 0.29) is 11.5 Å². The summed E-state index contributed by atoms with van der Waals surface area (Å²) in [5, 5.41) is 14.8. The molecule has 1 saturated carbocycles. The summed E-state index contributed by atoms with van der Waals surface area (Å²) in [5.74, 6) is -2.44. The number of amides is 1. The van der Waals surface area contributed by atoms with Crippen LogP contribution < -0.4 is 15.8 Å². The third-order valence-electron chi connectivity index (χ3n) is 7.40. The molecular formula is C29H30N2O4. The largest absolute Gasteiger partial charge is 0.454 e. The highest BCUT2D eigenvalue weighted by molar-refractivity contribution is 6.16. The van der Waals surface area contributed by atoms with Crippen LogP contribution in [-0.2, 0) is 15.1 Å².